The van der Waals surface area contributed by atoms with Crippen molar-refractivity contribution in [3.05, 3.63) is 34.4 Å². The van der Waals surface area contributed by atoms with Gasteiger partial charge in [-0.3, -0.25) is 10.1 Å². The van der Waals surface area contributed by atoms with Gasteiger partial charge in [-0.25, -0.2) is 0 Å². The van der Waals surface area contributed by atoms with Crippen molar-refractivity contribution in [2.24, 2.45) is 0 Å². The highest BCUT2D eigenvalue weighted by atomic mass is 32.2. The molecule has 0 atom stereocenters. The quantitative estimate of drug-likeness (QED) is 0.371. The molecule has 1 rings (SSSR count). The van der Waals surface area contributed by atoms with Crippen molar-refractivity contribution >= 4 is 17.4 Å². The lowest BCUT2D eigenvalue weighted by Gasteiger charge is -2.20. The van der Waals surface area contributed by atoms with Crippen molar-refractivity contribution in [3.63, 3.8) is 0 Å². The normalized spacial score (nSPS) is 11.5. The predicted octanol–water partition coefficient (Wildman–Crippen LogP) is 3.47. The van der Waals surface area contributed by atoms with Crippen LogP contribution in [0.25, 0.3) is 0 Å². The summed E-state index contributed by atoms with van der Waals surface area (Å²) in [5.74, 6) is 1.01. The van der Waals surface area contributed by atoms with E-state index in [9.17, 15) is 10.1 Å². The summed E-state index contributed by atoms with van der Waals surface area (Å²) in [5, 5.41) is 13.9. The van der Waals surface area contributed by atoms with Crippen LogP contribution in [0.2, 0.25) is 0 Å². The Morgan fingerprint density at radius 1 is 1.28 bits per heavy atom. The minimum absolute atomic E-state index is 0.147. The van der Waals surface area contributed by atoms with Gasteiger partial charge in [0.05, 0.1) is 4.92 Å². The van der Waals surface area contributed by atoms with Crippen LogP contribution in [-0.4, -0.2) is 22.8 Å². The molecule has 4 nitrogen and oxygen atoms in total. The summed E-state index contributed by atoms with van der Waals surface area (Å²) in [6, 6.07) is 6.71. The molecule has 0 spiro atoms. The molecule has 5 heteroatoms. The molecule has 1 aromatic carbocycles. The highest BCUT2D eigenvalue weighted by Gasteiger charge is 2.07. The molecular weight excluding hydrogens is 248 g/mol. The molecule has 0 bridgehead atoms. The van der Waals surface area contributed by atoms with Gasteiger partial charge >= 0.3 is 0 Å². The number of hydrogen-bond donors (Lipinski definition) is 1. The van der Waals surface area contributed by atoms with Gasteiger partial charge in [-0.1, -0.05) is 0 Å². The molecule has 0 aliphatic rings. The highest BCUT2D eigenvalue weighted by Crippen LogP contribution is 2.21. The fourth-order valence-corrected chi connectivity index (χ4v) is 2.24. The summed E-state index contributed by atoms with van der Waals surface area (Å²) < 4.78 is 0. The van der Waals surface area contributed by atoms with Crippen molar-refractivity contribution < 1.29 is 4.92 Å². The zero-order valence-electron chi connectivity index (χ0n) is 11.1. The van der Waals surface area contributed by atoms with Crippen LogP contribution in [-0.2, 0) is 0 Å². The van der Waals surface area contributed by atoms with Crippen molar-refractivity contribution in [3.8, 4) is 0 Å². The fourth-order valence-electron chi connectivity index (χ4n) is 1.39. The molecule has 0 fully saturated rings. The second-order valence-corrected chi connectivity index (χ2v) is 6.30. The largest absolute Gasteiger partial charge is 0.312 e. The van der Waals surface area contributed by atoms with Crippen LogP contribution in [0, 0.1) is 10.1 Å². The van der Waals surface area contributed by atoms with Gasteiger partial charge in [-0.05, 0) is 51.6 Å². The molecule has 100 valence electrons. The molecule has 0 aliphatic carbocycles. The molecule has 0 heterocycles. The van der Waals surface area contributed by atoms with E-state index in [-0.39, 0.29) is 16.1 Å². The third kappa shape index (κ3) is 6.02. The van der Waals surface area contributed by atoms with E-state index in [4.69, 9.17) is 0 Å². The van der Waals surface area contributed by atoms with Crippen LogP contribution in [0.4, 0.5) is 5.69 Å². The maximum Gasteiger partial charge on any atom is 0.269 e. The van der Waals surface area contributed by atoms with E-state index in [1.165, 1.54) is 0 Å². The Morgan fingerprint density at radius 3 is 2.39 bits per heavy atom. The van der Waals surface area contributed by atoms with Crippen LogP contribution in [0.3, 0.4) is 0 Å². The molecule has 0 saturated heterocycles. The van der Waals surface area contributed by atoms with E-state index < -0.39 is 0 Å². The second-order valence-electron chi connectivity index (χ2n) is 5.13. The Bertz CT molecular complexity index is 385. The average Bonchev–Trinajstić information content (AvgIpc) is 2.27. The number of benzene rings is 1. The topological polar surface area (TPSA) is 55.2 Å². The maximum absolute atomic E-state index is 10.5. The van der Waals surface area contributed by atoms with E-state index >= 15 is 0 Å². The number of nitro groups is 1. The number of thioether (sulfide) groups is 1. The number of nitrogens with zero attached hydrogens (tertiary/aromatic N) is 1. The number of nitro benzene ring substituents is 1. The van der Waals surface area contributed by atoms with Crippen LogP contribution < -0.4 is 5.32 Å². The van der Waals surface area contributed by atoms with E-state index in [2.05, 4.69) is 26.1 Å². The summed E-state index contributed by atoms with van der Waals surface area (Å²) in [7, 11) is 0. The second kappa shape index (κ2) is 6.75. The van der Waals surface area contributed by atoms with Crippen molar-refractivity contribution in [2.75, 3.05) is 12.3 Å². The number of hydrogen-bond acceptors (Lipinski definition) is 4. The summed E-state index contributed by atoms with van der Waals surface area (Å²) in [4.78, 5) is 11.2. The fraction of sp³-hybridized carbons (Fsp3) is 0.538. The van der Waals surface area contributed by atoms with Gasteiger partial charge in [-0.15, -0.1) is 11.8 Å². The van der Waals surface area contributed by atoms with E-state index in [0.717, 1.165) is 23.6 Å². The monoisotopic (exact) mass is 268 g/mol. The minimum Gasteiger partial charge on any atom is -0.312 e. The van der Waals surface area contributed by atoms with E-state index in [1.807, 2.05) is 0 Å². The summed E-state index contributed by atoms with van der Waals surface area (Å²) in [6.45, 7) is 7.44. The smallest absolute Gasteiger partial charge is 0.269 e. The van der Waals surface area contributed by atoms with Gasteiger partial charge < -0.3 is 5.32 Å². The van der Waals surface area contributed by atoms with Crippen LogP contribution in [0.1, 0.15) is 27.2 Å². The van der Waals surface area contributed by atoms with Crippen LogP contribution >= 0.6 is 11.8 Å². The standard InChI is InChI=1S/C13H20N2O2S/c1-13(2,3)14-9-4-10-18-12-7-5-11(6-8-12)15(16)17/h5-8,14H,4,9-10H2,1-3H3. The van der Waals surface area contributed by atoms with Crippen LogP contribution in [0.15, 0.2) is 29.2 Å². The first-order chi connectivity index (χ1) is 8.38. The summed E-state index contributed by atoms with van der Waals surface area (Å²) in [5.41, 5.74) is 0.312. The SMILES string of the molecule is CC(C)(C)NCCCSc1ccc([N+](=O)[O-])cc1. The molecule has 0 unspecified atom stereocenters. The first kappa shape index (κ1) is 15.0. The number of rotatable bonds is 6. The van der Waals surface area contributed by atoms with Crippen molar-refractivity contribution in [2.45, 2.75) is 37.6 Å². The molecule has 1 aromatic rings. The first-order valence-electron chi connectivity index (χ1n) is 6.01. The third-order valence-electron chi connectivity index (χ3n) is 2.29. The molecule has 0 aliphatic heterocycles. The van der Waals surface area contributed by atoms with Gasteiger partial charge in [-0.2, -0.15) is 0 Å². The summed E-state index contributed by atoms with van der Waals surface area (Å²) in [6.07, 6.45) is 1.08. The lowest BCUT2D eigenvalue weighted by molar-refractivity contribution is -0.384. The average molecular weight is 268 g/mol. The van der Waals surface area contributed by atoms with Gasteiger partial charge in [0, 0.05) is 22.6 Å². The van der Waals surface area contributed by atoms with Gasteiger partial charge in [0.1, 0.15) is 0 Å². The Hall–Kier alpha value is -1.07. The van der Waals surface area contributed by atoms with Crippen molar-refractivity contribution in [1.82, 2.24) is 5.32 Å². The molecule has 1 N–H and O–H groups in total. The molecule has 0 radical (unpaired) electrons. The molecule has 0 amide bonds. The molecule has 0 saturated carbocycles. The molecule has 0 aromatic heterocycles. The van der Waals surface area contributed by atoms with E-state index in [0.29, 0.717) is 0 Å². The van der Waals surface area contributed by atoms with Crippen molar-refractivity contribution in [1.29, 1.82) is 0 Å². The third-order valence-corrected chi connectivity index (χ3v) is 3.39. The Labute approximate surface area is 112 Å². The number of nitrogens with one attached hydrogen (secondary N) is 1. The predicted molar refractivity (Wildman–Crippen MR) is 76.2 cm³/mol. The zero-order chi connectivity index (χ0) is 13.6. The van der Waals surface area contributed by atoms with Gasteiger partial charge in [0.15, 0.2) is 0 Å². The Balaban J connectivity index is 2.25. The zero-order valence-corrected chi connectivity index (χ0v) is 11.9. The maximum atomic E-state index is 10.5. The number of non-ortho nitro benzene ring substituents is 1. The molecule has 18 heavy (non-hydrogen) atoms. The summed E-state index contributed by atoms with van der Waals surface area (Å²) >= 11 is 1.73. The lowest BCUT2D eigenvalue weighted by atomic mass is 10.1. The van der Waals surface area contributed by atoms with Gasteiger partial charge in [0.25, 0.3) is 5.69 Å². The minimum atomic E-state index is -0.373. The molecular formula is C13H20N2O2S. The van der Waals surface area contributed by atoms with E-state index in [1.54, 1.807) is 36.0 Å². The Morgan fingerprint density at radius 2 is 1.89 bits per heavy atom. The Kier molecular flexibility index (Phi) is 5.62. The van der Waals surface area contributed by atoms with Gasteiger partial charge in [0.2, 0.25) is 0 Å². The van der Waals surface area contributed by atoms with Crippen LogP contribution in [0.5, 0.6) is 0 Å². The highest BCUT2D eigenvalue weighted by molar-refractivity contribution is 7.99. The first-order valence-corrected chi connectivity index (χ1v) is 6.99. The lowest BCUT2D eigenvalue weighted by Crippen LogP contribution is -2.36.